The summed E-state index contributed by atoms with van der Waals surface area (Å²) in [5.41, 5.74) is 1.56. The van der Waals surface area contributed by atoms with Gasteiger partial charge in [-0.15, -0.1) is 0 Å². The summed E-state index contributed by atoms with van der Waals surface area (Å²) in [7, 11) is 0. The summed E-state index contributed by atoms with van der Waals surface area (Å²) in [6.45, 7) is 1.89. The molecule has 1 atom stereocenters. The highest BCUT2D eigenvalue weighted by atomic mass is 16.3. The summed E-state index contributed by atoms with van der Waals surface area (Å²) in [6, 6.07) is 4.66. The van der Waals surface area contributed by atoms with Gasteiger partial charge in [-0.3, -0.25) is 15.4 Å². The van der Waals surface area contributed by atoms with Crippen molar-refractivity contribution in [3.8, 4) is 11.9 Å². The van der Waals surface area contributed by atoms with E-state index in [1.807, 2.05) is 6.92 Å². The summed E-state index contributed by atoms with van der Waals surface area (Å²) in [6.07, 6.45) is 1.84. The van der Waals surface area contributed by atoms with Gasteiger partial charge in [-0.25, -0.2) is 4.99 Å². The van der Waals surface area contributed by atoms with Crippen molar-refractivity contribution in [2.45, 2.75) is 19.4 Å². The SMILES string of the molecule is Cc1ccc(O)c(C2CC(=O)NC(NC#N)=N2)c1. The van der Waals surface area contributed by atoms with Crippen molar-refractivity contribution in [3.63, 3.8) is 0 Å². The monoisotopic (exact) mass is 244 g/mol. The van der Waals surface area contributed by atoms with E-state index in [1.54, 1.807) is 24.4 Å². The normalized spacial score (nSPS) is 18.6. The lowest BCUT2D eigenvalue weighted by Crippen LogP contribution is -2.42. The molecular formula is C12H12N4O2. The van der Waals surface area contributed by atoms with E-state index >= 15 is 0 Å². The molecule has 18 heavy (non-hydrogen) atoms. The second-order valence-electron chi connectivity index (χ2n) is 4.04. The lowest BCUT2D eigenvalue weighted by atomic mass is 10.00. The van der Waals surface area contributed by atoms with E-state index in [0.717, 1.165) is 5.56 Å². The number of aromatic hydroxyl groups is 1. The number of phenols is 1. The van der Waals surface area contributed by atoms with E-state index in [9.17, 15) is 9.90 Å². The van der Waals surface area contributed by atoms with Crippen molar-refractivity contribution in [2.24, 2.45) is 4.99 Å². The molecule has 3 N–H and O–H groups in total. The van der Waals surface area contributed by atoms with Crippen molar-refractivity contribution in [3.05, 3.63) is 29.3 Å². The Hall–Kier alpha value is -2.55. The number of aryl methyl sites for hydroxylation is 1. The minimum atomic E-state index is -0.477. The van der Waals surface area contributed by atoms with Gasteiger partial charge >= 0.3 is 0 Å². The second-order valence-corrected chi connectivity index (χ2v) is 4.04. The molecule has 1 heterocycles. The van der Waals surface area contributed by atoms with Gasteiger partial charge < -0.3 is 5.11 Å². The van der Waals surface area contributed by atoms with Crippen LogP contribution in [0, 0.1) is 18.4 Å². The van der Waals surface area contributed by atoms with Gasteiger partial charge in [0.25, 0.3) is 0 Å². The van der Waals surface area contributed by atoms with Crippen LogP contribution in [0.25, 0.3) is 0 Å². The van der Waals surface area contributed by atoms with Crippen LogP contribution in [0.5, 0.6) is 5.75 Å². The lowest BCUT2D eigenvalue weighted by molar-refractivity contribution is -0.120. The van der Waals surface area contributed by atoms with Gasteiger partial charge in [0.1, 0.15) is 5.75 Å². The fourth-order valence-electron chi connectivity index (χ4n) is 1.83. The van der Waals surface area contributed by atoms with E-state index in [4.69, 9.17) is 5.26 Å². The van der Waals surface area contributed by atoms with Crippen molar-refractivity contribution < 1.29 is 9.90 Å². The number of carbonyl (C=O) groups excluding carboxylic acids is 1. The van der Waals surface area contributed by atoms with Crippen LogP contribution in [0.4, 0.5) is 0 Å². The number of nitrogens with zero attached hydrogens (tertiary/aromatic N) is 2. The Morgan fingerprint density at radius 3 is 3.11 bits per heavy atom. The Balaban J connectivity index is 2.37. The standard InChI is InChI=1S/C12H12N4O2/c1-7-2-3-10(17)8(4-7)9-5-11(18)16-12(15-9)14-6-13/h2-4,9,17H,5H2,1H3,(H2,14,15,16,18). The molecule has 0 radical (unpaired) electrons. The number of amides is 1. The van der Waals surface area contributed by atoms with Crippen LogP contribution >= 0.6 is 0 Å². The van der Waals surface area contributed by atoms with E-state index in [-0.39, 0.29) is 24.0 Å². The molecular weight excluding hydrogens is 232 g/mol. The first-order valence-corrected chi connectivity index (χ1v) is 5.42. The molecule has 0 aromatic heterocycles. The maximum absolute atomic E-state index is 11.5. The number of hydrogen-bond donors (Lipinski definition) is 3. The molecule has 1 aliphatic rings. The van der Waals surface area contributed by atoms with E-state index in [2.05, 4.69) is 15.6 Å². The largest absolute Gasteiger partial charge is 0.508 e. The fraction of sp³-hybridized carbons (Fsp3) is 0.250. The van der Waals surface area contributed by atoms with Gasteiger partial charge in [-0.05, 0) is 13.0 Å². The number of aliphatic imine (C=N–C) groups is 1. The third-order valence-corrected chi connectivity index (χ3v) is 2.64. The van der Waals surface area contributed by atoms with Crippen molar-refractivity contribution in [2.75, 3.05) is 0 Å². The zero-order valence-electron chi connectivity index (χ0n) is 9.77. The summed E-state index contributed by atoms with van der Waals surface area (Å²) in [5, 5.41) is 23.1. The van der Waals surface area contributed by atoms with Crippen LogP contribution in [0.1, 0.15) is 23.6 Å². The Labute approximate surface area is 104 Å². The smallest absolute Gasteiger partial charge is 0.229 e. The maximum Gasteiger partial charge on any atom is 0.229 e. The minimum absolute atomic E-state index is 0.0976. The number of guanidine groups is 1. The first-order chi connectivity index (χ1) is 8.60. The number of phenolic OH excluding ortho intramolecular Hbond substituents is 1. The molecule has 1 amide bonds. The minimum Gasteiger partial charge on any atom is -0.508 e. The van der Waals surface area contributed by atoms with Crippen LogP contribution in [-0.2, 0) is 4.79 Å². The van der Waals surface area contributed by atoms with Crippen molar-refractivity contribution >= 4 is 11.9 Å². The lowest BCUT2D eigenvalue weighted by Gasteiger charge is -2.21. The summed E-state index contributed by atoms with van der Waals surface area (Å²) < 4.78 is 0. The maximum atomic E-state index is 11.5. The Kier molecular flexibility index (Phi) is 3.15. The molecule has 1 aromatic carbocycles. The van der Waals surface area contributed by atoms with Crippen LogP contribution in [-0.4, -0.2) is 17.0 Å². The van der Waals surface area contributed by atoms with Gasteiger partial charge in [0.05, 0.1) is 12.5 Å². The number of carbonyl (C=O) groups is 1. The van der Waals surface area contributed by atoms with Crippen molar-refractivity contribution in [1.29, 1.82) is 5.26 Å². The second kappa shape index (κ2) is 4.75. The molecule has 1 unspecified atom stereocenters. The predicted molar refractivity (Wildman–Crippen MR) is 64.5 cm³/mol. The van der Waals surface area contributed by atoms with Crippen LogP contribution < -0.4 is 10.6 Å². The zero-order chi connectivity index (χ0) is 13.1. The topological polar surface area (TPSA) is 97.5 Å². The van der Waals surface area contributed by atoms with E-state index in [0.29, 0.717) is 5.56 Å². The van der Waals surface area contributed by atoms with Gasteiger partial charge in [0.15, 0.2) is 6.19 Å². The van der Waals surface area contributed by atoms with Gasteiger partial charge in [-0.2, -0.15) is 5.26 Å². The van der Waals surface area contributed by atoms with Crippen molar-refractivity contribution in [1.82, 2.24) is 10.6 Å². The number of nitrogens with one attached hydrogen (secondary N) is 2. The Morgan fingerprint density at radius 1 is 1.61 bits per heavy atom. The highest BCUT2D eigenvalue weighted by Gasteiger charge is 2.24. The Bertz CT molecular complexity index is 560. The molecule has 92 valence electrons. The molecule has 1 aliphatic heterocycles. The highest BCUT2D eigenvalue weighted by Crippen LogP contribution is 2.31. The first kappa shape index (κ1) is 11.9. The summed E-state index contributed by atoms with van der Waals surface area (Å²) in [5.74, 6) is -0.0336. The third kappa shape index (κ3) is 2.40. The number of hydrogen-bond acceptors (Lipinski definition) is 5. The fourth-order valence-corrected chi connectivity index (χ4v) is 1.83. The zero-order valence-corrected chi connectivity index (χ0v) is 9.77. The predicted octanol–water partition coefficient (Wildman–Crippen LogP) is 0.688. The van der Waals surface area contributed by atoms with Crippen LogP contribution in [0.2, 0.25) is 0 Å². The van der Waals surface area contributed by atoms with Gasteiger partial charge in [0, 0.05) is 5.56 Å². The average Bonchev–Trinajstić information content (AvgIpc) is 2.32. The quantitative estimate of drug-likeness (QED) is 0.500. The molecule has 6 nitrogen and oxygen atoms in total. The molecule has 6 heteroatoms. The number of rotatable bonds is 1. The highest BCUT2D eigenvalue weighted by molar-refractivity contribution is 5.99. The van der Waals surface area contributed by atoms with E-state index < -0.39 is 6.04 Å². The molecule has 0 spiro atoms. The molecule has 2 rings (SSSR count). The molecule has 0 fully saturated rings. The molecule has 0 bridgehead atoms. The van der Waals surface area contributed by atoms with Gasteiger partial charge in [0.2, 0.25) is 11.9 Å². The van der Waals surface area contributed by atoms with Gasteiger partial charge in [-0.1, -0.05) is 17.7 Å². The molecule has 0 saturated heterocycles. The average molecular weight is 244 g/mol. The van der Waals surface area contributed by atoms with E-state index in [1.165, 1.54) is 0 Å². The number of benzene rings is 1. The van der Waals surface area contributed by atoms with Crippen LogP contribution in [0.3, 0.4) is 0 Å². The van der Waals surface area contributed by atoms with Crippen LogP contribution in [0.15, 0.2) is 23.2 Å². The molecule has 0 saturated carbocycles. The third-order valence-electron chi connectivity index (χ3n) is 2.64. The molecule has 0 aliphatic carbocycles. The number of nitriles is 1. The molecule has 1 aromatic rings. The summed E-state index contributed by atoms with van der Waals surface area (Å²) >= 11 is 0. The first-order valence-electron chi connectivity index (χ1n) is 5.42. The summed E-state index contributed by atoms with van der Waals surface area (Å²) in [4.78, 5) is 15.7. The Morgan fingerprint density at radius 2 is 2.39 bits per heavy atom.